The average Bonchev–Trinajstić information content (AvgIpc) is 2.30. The monoisotopic (exact) mass is 250 g/mol. The van der Waals surface area contributed by atoms with E-state index in [4.69, 9.17) is 0 Å². The van der Waals surface area contributed by atoms with Gasteiger partial charge in [-0.3, -0.25) is 0 Å². The van der Waals surface area contributed by atoms with Crippen LogP contribution in [0.15, 0.2) is 0 Å². The van der Waals surface area contributed by atoms with Gasteiger partial charge in [0.15, 0.2) is 0 Å². The fraction of sp³-hybridized carbons (Fsp3) is 1.00. The number of unbranched alkanes of at least 4 members (excludes halogenated alkanes) is 6. The third-order valence-corrected chi connectivity index (χ3v) is 3.33. The summed E-state index contributed by atoms with van der Waals surface area (Å²) in [5.74, 6) is 0. The van der Waals surface area contributed by atoms with E-state index in [1.807, 2.05) is 0 Å². The first-order valence-electron chi connectivity index (χ1n) is 7.07. The molecule has 0 aromatic heterocycles. The Balaban J connectivity index is 3.90. The summed E-state index contributed by atoms with van der Waals surface area (Å²) < 4.78 is 25.7. The van der Waals surface area contributed by atoms with Gasteiger partial charge in [0.1, 0.15) is 5.60 Å². The van der Waals surface area contributed by atoms with Gasteiger partial charge in [-0.25, -0.2) is 8.78 Å². The Bertz CT molecular complexity index is 160. The molecule has 0 aromatic rings. The Hall–Kier alpha value is -0.180. The van der Waals surface area contributed by atoms with Crippen molar-refractivity contribution in [1.29, 1.82) is 0 Å². The zero-order valence-electron chi connectivity index (χ0n) is 11.4. The average molecular weight is 250 g/mol. The first-order chi connectivity index (χ1) is 8.06. The molecule has 1 N–H and O–H groups in total. The Morgan fingerprint density at radius 1 is 0.824 bits per heavy atom. The second kappa shape index (κ2) is 9.81. The second-order valence-corrected chi connectivity index (χ2v) is 5.03. The summed E-state index contributed by atoms with van der Waals surface area (Å²) in [5, 5.41) is 9.94. The molecule has 0 saturated heterocycles. The molecule has 0 radical (unpaired) electrons. The maximum Gasteiger partial charge on any atom is 0.266 e. The van der Waals surface area contributed by atoms with Crippen molar-refractivity contribution in [2.45, 2.75) is 90.1 Å². The first-order valence-corrected chi connectivity index (χ1v) is 7.07. The predicted octanol–water partition coefficient (Wildman–Crippen LogP) is 4.92. The highest BCUT2D eigenvalue weighted by molar-refractivity contribution is 4.81. The summed E-state index contributed by atoms with van der Waals surface area (Å²) in [6, 6.07) is 0. The van der Waals surface area contributed by atoms with E-state index < -0.39 is 12.0 Å². The van der Waals surface area contributed by atoms with Crippen molar-refractivity contribution < 1.29 is 13.9 Å². The van der Waals surface area contributed by atoms with E-state index in [1.165, 1.54) is 0 Å². The molecule has 0 heterocycles. The van der Waals surface area contributed by atoms with Crippen LogP contribution in [0.5, 0.6) is 0 Å². The first kappa shape index (κ1) is 16.8. The highest BCUT2D eigenvalue weighted by atomic mass is 19.3. The van der Waals surface area contributed by atoms with Gasteiger partial charge in [0.25, 0.3) is 6.43 Å². The quantitative estimate of drug-likeness (QED) is 0.516. The Kier molecular flexibility index (Phi) is 9.71. The normalized spacial score (nSPS) is 12.4. The van der Waals surface area contributed by atoms with Crippen LogP contribution >= 0.6 is 0 Å². The van der Waals surface area contributed by atoms with Crippen LogP contribution in [0.3, 0.4) is 0 Å². The second-order valence-electron chi connectivity index (χ2n) is 5.03. The maximum atomic E-state index is 12.9. The standard InChI is InChI=1S/C14H28F2O/c1-3-5-7-9-11-14(17,13(15)16)12-10-8-6-4-2/h13,17H,3-12H2,1-2H3. The maximum absolute atomic E-state index is 12.9. The van der Waals surface area contributed by atoms with E-state index in [9.17, 15) is 13.9 Å². The van der Waals surface area contributed by atoms with Gasteiger partial charge in [0, 0.05) is 0 Å². The van der Waals surface area contributed by atoms with Crippen LogP contribution in [0.4, 0.5) is 8.78 Å². The lowest BCUT2D eigenvalue weighted by Gasteiger charge is -2.27. The van der Waals surface area contributed by atoms with Crippen LogP contribution < -0.4 is 0 Å². The lowest BCUT2D eigenvalue weighted by Crippen LogP contribution is -2.37. The number of hydrogen-bond donors (Lipinski definition) is 1. The minimum absolute atomic E-state index is 0.247. The molecule has 0 aromatic carbocycles. The van der Waals surface area contributed by atoms with Crippen LogP contribution in [0, 0.1) is 0 Å². The molecular formula is C14H28F2O. The summed E-state index contributed by atoms with van der Waals surface area (Å²) in [6.45, 7) is 4.17. The van der Waals surface area contributed by atoms with Crippen molar-refractivity contribution in [2.24, 2.45) is 0 Å². The summed E-state index contributed by atoms with van der Waals surface area (Å²) in [7, 11) is 0. The van der Waals surface area contributed by atoms with Gasteiger partial charge in [0.05, 0.1) is 0 Å². The van der Waals surface area contributed by atoms with Crippen molar-refractivity contribution in [3.05, 3.63) is 0 Å². The fourth-order valence-electron chi connectivity index (χ4n) is 2.06. The van der Waals surface area contributed by atoms with Crippen molar-refractivity contribution >= 4 is 0 Å². The SMILES string of the molecule is CCCCCCC(O)(CCCCCC)C(F)F. The molecule has 0 rings (SSSR count). The summed E-state index contributed by atoms with van der Waals surface area (Å²) >= 11 is 0. The van der Waals surface area contributed by atoms with Gasteiger partial charge in [-0.05, 0) is 12.8 Å². The van der Waals surface area contributed by atoms with Gasteiger partial charge in [-0.15, -0.1) is 0 Å². The van der Waals surface area contributed by atoms with E-state index in [0.29, 0.717) is 12.8 Å². The Morgan fingerprint density at radius 2 is 1.24 bits per heavy atom. The van der Waals surface area contributed by atoms with Crippen LogP contribution in [0.25, 0.3) is 0 Å². The lowest BCUT2D eigenvalue weighted by atomic mass is 9.90. The molecule has 0 aliphatic heterocycles. The topological polar surface area (TPSA) is 20.2 Å². The number of hydrogen-bond acceptors (Lipinski definition) is 1. The Morgan fingerprint density at radius 3 is 1.53 bits per heavy atom. The Labute approximate surface area is 105 Å². The van der Waals surface area contributed by atoms with Gasteiger partial charge >= 0.3 is 0 Å². The largest absolute Gasteiger partial charge is 0.384 e. The summed E-state index contributed by atoms with van der Waals surface area (Å²) in [5.41, 5.74) is -1.73. The predicted molar refractivity (Wildman–Crippen MR) is 68.5 cm³/mol. The minimum atomic E-state index is -2.61. The minimum Gasteiger partial charge on any atom is -0.384 e. The smallest absolute Gasteiger partial charge is 0.266 e. The van der Waals surface area contributed by atoms with Crippen LogP contribution in [0.2, 0.25) is 0 Å². The third-order valence-electron chi connectivity index (χ3n) is 3.33. The number of aliphatic hydroxyl groups is 1. The number of rotatable bonds is 11. The molecule has 17 heavy (non-hydrogen) atoms. The van der Waals surface area contributed by atoms with Crippen LogP contribution in [-0.2, 0) is 0 Å². The van der Waals surface area contributed by atoms with Crippen molar-refractivity contribution in [3.8, 4) is 0 Å². The molecule has 0 fully saturated rings. The van der Waals surface area contributed by atoms with E-state index in [0.717, 1.165) is 38.5 Å². The van der Waals surface area contributed by atoms with Gasteiger partial charge in [-0.1, -0.05) is 65.2 Å². The van der Waals surface area contributed by atoms with E-state index >= 15 is 0 Å². The zero-order chi connectivity index (χ0) is 13.1. The number of alkyl halides is 2. The molecule has 1 nitrogen and oxygen atoms in total. The zero-order valence-corrected chi connectivity index (χ0v) is 11.4. The molecule has 3 heteroatoms. The molecule has 0 saturated carbocycles. The molecule has 0 amide bonds. The van der Waals surface area contributed by atoms with Crippen molar-refractivity contribution in [2.75, 3.05) is 0 Å². The highest BCUT2D eigenvalue weighted by Gasteiger charge is 2.36. The van der Waals surface area contributed by atoms with Crippen molar-refractivity contribution in [3.63, 3.8) is 0 Å². The van der Waals surface area contributed by atoms with Gasteiger partial charge in [-0.2, -0.15) is 0 Å². The van der Waals surface area contributed by atoms with E-state index in [2.05, 4.69) is 13.8 Å². The van der Waals surface area contributed by atoms with E-state index in [1.54, 1.807) is 0 Å². The van der Waals surface area contributed by atoms with Crippen LogP contribution in [0.1, 0.15) is 78.1 Å². The third kappa shape index (κ3) is 7.69. The number of halogens is 2. The fourth-order valence-corrected chi connectivity index (χ4v) is 2.06. The van der Waals surface area contributed by atoms with Gasteiger partial charge in [0.2, 0.25) is 0 Å². The van der Waals surface area contributed by atoms with Crippen molar-refractivity contribution in [1.82, 2.24) is 0 Å². The summed E-state index contributed by atoms with van der Waals surface area (Å²) in [4.78, 5) is 0. The highest BCUT2D eigenvalue weighted by Crippen LogP contribution is 2.29. The lowest BCUT2D eigenvalue weighted by molar-refractivity contribution is -0.108. The molecule has 104 valence electrons. The molecule has 0 bridgehead atoms. The molecule has 0 unspecified atom stereocenters. The molecular weight excluding hydrogens is 222 g/mol. The van der Waals surface area contributed by atoms with E-state index in [-0.39, 0.29) is 12.8 Å². The van der Waals surface area contributed by atoms with Crippen LogP contribution in [-0.4, -0.2) is 17.1 Å². The molecule has 0 atom stereocenters. The molecule has 0 spiro atoms. The molecule has 0 aliphatic carbocycles. The van der Waals surface area contributed by atoms with Gasteiger partial charge < -0.3 is 5.11 Å². The summed E-state index contributed by atoms with van der Waals surface area (Å²) in [6.07, 6.45) is 5.50. The molecule has 0 aliphatic rings.